The Morgan fingerprint density at radius 1 is 1.38 bits per heavy atom. The average molecular weight is 118 g/mol. The van der Waals surface area contributed by atoms with Gasteiger partial charge < -0.3 is 0 Å². The third kappa shape index (κ3) is 3.53. The first-order valence-electron chi connectivity index (χ1n) is 2.27. The second-order valence-electron chi connectivity index (χ2n) is 1.72. The predicted molar refractivity (Wildman–Crippen MR) is 29.7 cm³/mol. The van der Waals surface area contributed by atoms with Gasteiger partial charge >= 0.3 is 0 Å². The SMILES string of the molecule is CC(C)=CC(F)=CF. The van der Waals surface area contributed by atoms with E-state index in [4.69, 9.17) is 0 Å². The van der Waals surface area contributed by atoms with Crippen molar-refractivity contribution >= 4 is 0 Å². The number of hydrogen-bond acceptors (Lipinski definition) is 0. The lowest BCUT2D eigenvalue weighted by Gasteiger charge is -1.83. The summed E-state index contributed by atoms with van der Waals surface area (Å²) < 4.78 is 23.0. The molecular weight excluding hydrogens is 110 g/mol. The summed E-state index contributed by atoms with van der Waals surface area (Å²) in [5, 5.41) is 0. The van der Waals surface area contributed by atoms with Gasteiger partial charge in [0.15, 0.2) is 5.83 Å². The number of hydrogen-bond donors (Lipinski definition) is 0. The van der Waals surface area contributed by atoms with Crippen molar-refractivity contribution in [3.63, 3.8) is 0 Å². The van der Waals surface area contributed by atoms with Crippen molar-refractivity contribution in [2.75, 3.05) is 0 Å². The van der Waals surface area contributed by atoms with Crippen molar-refractivity contribution in [2.45, 2.75) is 13.8 Å². The molecule has 0 bridgehead atoms. The highest BCUT2D eigenvalue weighted by Crippen LogP contribution is 2.02. The predicted octanol–water partition coefficient (Wildman–Crippen LogP) is 2.73. The van der Waals surface area contributed by atoms with Gasteiger partial charge in [0.2, 0.25) is 0 Å². The number of allylic oxidation sites excluding steroid dienone is 3. The van der Waals surface area contributed by atoms with Crippen LogP contribution in [-0.4, -0.2) is 0 Å². The van der Waals surface area contributed by atoms with Gasteiger partial charge in [0.1, 0.15) is 6.33 Å². The lowest BCUT2D eigenvalue weighted by molar-refractivity contribution is 0.605. The van der Waals surface area contributed by atoms with Crippen LogP contribution in [0.25, 0.3) is 0 Å². The molecule has 0 N–H and O–H groups in total. The van der Waals surface area contributed by atoms with Gasteiger partial charge in [-0.3, -0.25) is 0 Å². The van der Waals surface area contributed by atoms with E-state index in [1.54, 1.807) is 13.8 Å². The summed E-state index contributed by atoms with van der Waals surface area (Å²) in [6.45, 7) is 3.40. The maximum absolute atomic E-state index is 11.8. The van der Waals surface area contributed by atoms with E-state index in [0.29, 0.717) is 0 Å². The average Bonchev–Trinajstić information content (AvgIpc) is 1.65. The molecule has 8 heavy (non-hydrogen) atoms. The van der Waals surface area contributed by atoms with Crippen LogP contribution in [0.15, 0.2) is 23.8 Å². The Bertz CT molecular complexity index is 118. The van der Waals surface area contributed by atoms with Crippen molar-refractivity contribution in [1.29, 1.82) is 0 Å². The molecule has 46 valence electrons. The van der Waals surface area contributed by atoms with Crippen molar-refractivity contribution in [3.05, 3.63) is 23.8 Å². The molecule has 0 spiro atoms. The molecule has 0 saturated heterocycles. The summed E-state index contributed by atoms with van der Waals surface area (Å²) in [6.07, 6.45) is 1.06. The van der Waals surface area contributed by atoms with Crippen LogP contribution in [0.5, 0.6) is 0 Å². The van der Waals surface area contributed by atoms with Gasteiger partial charge in [-0.25, -0.2) is 8.78 Å². The Balaban J connectivity index is 3.89. The standard InChI is InChI=1S/C6H8F2/c1-5(2)3-6(8)4-7/h3-4H,1-2H3. The number of halogens is 2. The molecule has 0 saturated carbocycles. The molecule has 0 fully saturated rings. The molecule has 0 amide bonds. The number of rotatable bonds is 1. The first kappa shape index (κ1) is 7.34. The van der Waals surface area contributed by atoms with Gasteiger partial charge in [0.05, 0.1) is 0 Å². The van der Waals surface area contributed by atoms with Crippen LogP contribution in [0.4, 0.5) is 8.78 Å². The van der Waals surface area contributed by atoms with Crippen molar-refractivity contribution < 1.29 is 8.78 Å². The fraction of sp³-hybridized carbons (Fsp3) is 0.333. The molecule has 0 unspecified atom stereocenters. The van der Waals surface area contributed by atoms with Gasteiger partial charge in [-0.1, -0.05) is 5.57 Å². The van der Waals surface area contributed by atoms with Crippen molar-refractivity contribution in [2.24, 2.45) is 0 Å². The van der Waals surface area contributed by atoms with Gasteiger partial charge in [-0.05, 0) is 19.9 Å². The molecule has 2 heteroatoms. The summed E-state index contributed by atoms with van der Waals surface area (Å²) in [5.41, 5.74) is 0.747. The second kappa shape index (κ2) is 3.36. The maximum Gasteiger partial charge on any atom is 0.151 e. The Labute approximate surface area is 47.5 Å². The molecule has 0 aromatic rings. The molecule has 0 rings (SSSR count). The van der Waals surface area contributed by atoms with E-state index in [1.165, 1.54) is 0 Å². The first-order valence-corrected chi connectivity index (χ1v) is 2.27. The fourth-order valence-electron chi connectivity index (χ4n) is 0.307. The van der Waals surface area contributed by atoms with E-state index in [9.17, 15) is 8.78 Å². The lowest BCUT2D eigenvalue weighted by Crippen LogP contribution is -1.64. The minimum Gasteiger partial charge on any atom is -0.212 e. The smallest absolute Gasteiger partial charge is 0.151 e. The molecule has 0 aliphatic rings. The molecular formula is C6H8F2. The maximum atomic E-state index is 11.8. The molecule has 0 aliphatic heterocycles. The summed E-state index contributed by atoms with van der Waals surface area (Å²) in [7, 11) is 0. The van der Waals surface area contributed by atoms with Crippen LogP contribution in [-0.2, 0) is 0 Å². The Kier molecular flexibility index (Phi) is 3.08. The van der Waals surface area contributed by atoms with Crippen molar-refractivity contribution in [1.82, 2.24) is 0 Å². The molecule has 0 aromatic heterocycles. The zero-order valence-corrected chi connectivity index (χ0v) is 4.91. The molecule has 0 aromatic carbocycles. The van der Waals surface area contributed by atoms with Gasteiger partial charge in [0, 0.05) is 0 Å². The third-order valence-electron chi connectivity index (χ3n) is 0.531. The van der Waals surface area contributed by atoms with Crippen LogP contribution in [0.2, 0.25) is 0 Å². The van der Waals surface area contributed by atoms with Crippen LogP contribution in [0.3, 0.4) is 0 Å². The zero-order chi connectivity index (χ0) is 6.57. The fourth-order valence-corrected chi connectivity index (χ4v) is 0.307. The van der Waals surface area contributed by atoms with E-state index >= 15 is 0 Å². The summed E-state index contributed by atoms with van der Waals surface area (Å²) in [5.74, 6) is -0.829. The highest BCUT2D eigenvalue weighted by atomic mass is 19.2. The first-order chi connectivity index (χ1) is 3.66. The Morgan fingerprint density at radius 3 is 2.00 bits per heavy atom. The van der Waals surface area contributed by atoms with Gasteiger partial charge in [-0.15, -0.1) is 0 Å². The third-order valence-corrected chi connectivity index (χ3v) is 0.531. The monoisotopic (exact) mass is 118 g/mol. The highest BCUT2D eigenvalue weighted by Gasteiger charge is 1.84. The van der Waals surface area contributed by atoms with Crippen LogP contribution < -0.4 is 0 Å². The minimum atomic E-state index is -0.829. The summed E-state index contributed by atoms with van der Waals surface area (Å²) >= 11 is 0. The summed E-state index contributed by atoms with van der Waals surface area (Å²) in [4.78, 5) is 0. The van der Waals surface area contributed by atoms with Gasteiger partial charge in [0.25, 0.3) is 0 Å². The molecule has 0 atom stereocenters. The highest BCUT2D eigenvalue weighted by molar-refractivity contribution is 5.12. The minimum absolute atomic E-state index is 0.0625. The van der Waals surface area contributed by atoms with E-state index in [1.807, 2.05) is 0 Å². The topological polar surface area (TPSA) is 0 Å². The molecule has 0 radical (unpaired) electrons. The van der Waals surface area contributed by atoms with Crippen LogP contribution >= 0.6 is 0 Å². The normalized spacial score (nSPS) is 11.2. The zero-order valence-electron chi connectivity index (χ0n) is 4.91. The van der Waals surface area contributed by atoms with E-state index in [2.05, 4.69) is 0 Å². The molecule has 0 heterocycles. The molecule has 0 aliphatic carbocycles. The molecule has 0 nitrogen and oxygen atoms in total. The Morgan fingerprint density at radius 2 is 1.88 bits per heavy atom. The summed E-state index contributed by atoms with van der Waals surface area (Å²) in [6, 6.07) is 0. The van der Waals surface area contributed by atoms with E-state index in [-0.39, 0.29) is 6.33 Å². The van der Waals surface area contributed by atoms with E-state index in [0.717, 1.165) is 11.6 Å². The van der Waals surface area contributed by atoms with Crippen LogP contribution in [0.1, 0.15) is 13.8 Å². The second-order valence-corrected chi connectivity index (χ2v) is 1.72. The van der Waals surface area contributed by atoms with Crippen molar-refractivity contribution in [3.8, 4) is 0 Å². The largest absolute Gasteiger partial charge is 0.212 e. The van der Waals surface area contributed by atoms with Gasteiger partial charge in [-0.2, -0.15) is 0 Å². The van der Waals surface area contributed by atoms with E-state index < -0.39 is 5.83 Å². The Hall–Kier alpha value is -0.660. The quantitative estimate of drug-likeness (QED) is 0.464. The van der Waals surface area contributed by atoms with Crippen LogP contribution in [0, 0.1) is 0 Å². The lowest BCUT2D eigenvalue weighted by atomic mass is 10.3.